The van der Waals surface area contributed by atoms with Gasteiger partial charge in [0, 0.05) is 38.2 Å². The highest BCUT2D eigenvalue weighted by atomic mass is 79.9. The highest BCUT2D eigenvalue weighted by Gasteiger charge is 2.27. The standard InChI is InChI=1S/C13H19BrN4O/c14-11-9-12(17-13(16-11)10-1-2-10)15-3-4-18-5-7-19-8-6-18/h9-10H,1-8H2,(H,15,16,17). The Bertz CT molecular complexity index is 433. The molecule has 0 aromatic carbocycles. The second-order valence-corrected chi connectivity index (χ2v) is 5.90. The summed E-state index contributed by atoms with van der Waals surface area (Å²) in [4.78, 5) is 11.4. The molecule has 1 N–H and O–H groups in total. The first-order chi connectivity index (χ1) is 9.31. The first kappa shape index (κ1) is 13.3. The molecule has 1 aromatic heterocycles. The third-order valence-corrected chi connectivity index (χ3v) is 3.90. The Morgan fingerprint density at radius 1 is 1.32 bits per heavy atom. The van der Waals surface area contributed by atoms with Crippen LogP contribution in [0.4, 0.5) is 5.82 Å². The number of hydrogen-bond donors (Lipinski definition) is 1. The fourth-order valence-corrected chi connectivity index (χ4v) is 2.62. The van der Waals surface area contributed by atoms with E-state index in [0.29, 0.717) is 5.92 Å². The van der Waals surface area contributed by atoms with Gasteiger partial charge in [-0.3, -0.25) is 4.90 Å². The summed E-state index contributed by atoms with van der Waals surface area (Å²) in [6, 6.07) is 1.95. The van der Waals surface area contributed by atoms with Gasteiger partial charge in [0.1, 0.15) is 16.2 Å². The summed E-state index contributed by atoms with van der Waals surface area (Å²) in [5.74, 6) is 2.48. The van der Waals surface area contributed by atoms with E-state index in [0.717, 1.165) is 55.6 Å². The van der Waals surface area contributed by atoms with E-state index in [1.165, 1.54) is 12.8 Å². The Morgan fingerprint density at radius 2 is 2.11 bits per heavy atom. The van der Waals surface area contributed by atoms with E-state index in [1.54, 1.807) is 0 Å². The number of nitrogens with one attached hydrogen (secondary N) is 1. The molecule has 0 atom stereocenters. The van der Waals surface area contributed by atoms with E-state index < -0.39 is 0 Å². The minimum Gasteiger partial charge on any atom is -0.379 e. The van der Waals surface area contributed by atoms with Crippen LogP contribution in [0, 0.1) is 0 Å². The monoisotopic (exact) mass is 326 g/mol. The second-order valence-electron chi connectivity index (χ2n) is 5.09. The van der Waals surface area contributed by atoms with Crippen LogP contribution in [0.25, 0.3) is 0 Å². The van der Waals surface area contributed by atoms with Gasteiger partial charge >= 0.3 is 0 Å². The van der Waals surface area contributed by atoms with Gasteiger partial charge in [-0.1, -0.05) is 0 Å². The Balaban J connectivity index is 1.51. The minimum atomic E-state index is 0.581. The highest BCUT2D eigenvalue weighted by molar-refractivity contribution is 9.10. The zero-order valence-electron chi connectivity index (χ0n) is 10.9. The molecule has 6 heteroatoms. The number of aromatic nitrogens is 2. The molecule has 104 valence electrons. The number of anilines is 1. The molecule has 2 heterocycles. The van der Waals surface area contributed by atoms with Gasteiger partial charge in [-0.05, 0) is 28.8 Å². The molecule has 2 aliphatic rings. The van der Waals surface area contributed by atoms with Crippen molar-refractivity contribution in [3.05, 3.63) is 16.5 Å². The van der Waals surface area contributed by atoms with Crippen LogP contribution < -0.4 is 5.32 Å². The Morgan fingerprint density at radius 3 is 2.84 bits per heavy atom. The molecule has 0 unspecified atom stereocenters. The van der Waals surface area contributed by atoms with Gasteiger partial charge < -0.3 is 10.1 Å². The summed E-state index contributed by atoms with van der Waals surface area (Å²) in [7, 11) is 0. The van der Waals surface area contributed by atoms with Crippen LogP contribution in [0.2, 0.25) is 0 Å². The van der Waals surface area contributed by atoms with Gasteiger partial charge in [-0.2, -0.15) is 0 Å². The van der Waals surface area contributed by atoms with E-state index in [4.69, 9.17) is 4.74 Å². The van der Waals surface area contributed by atoms with E-state index in [9.17, 15) is 0 Å². The lowest BCUT2D eigenvalue weighted by Crippen LogP contribution is -2.39. The Kier molecular flexibility index (Phi) is 4.30. The average molecular weight is 327 g/mol. The molecular formula is C13H19BrN4O. The lowest BCUT2D eigenvalue weighted by Gasteiger charge is -2.26. The number of halogens is 1. The molecule has 1 aromatic rings. The van der Waals surface area contributed by atoms with Crippen molar-refractivity contribution in [2.45, 2.75) is 18.8 Å². The van der Waals surface area contributed by atoms with Crippen LogP contribution in [-0.2, 0) is 4.74 Å². The molecule has 0 radical (unpaired) electrons. The first-order valence-electron chi connectivity index (χ1n) is 6.90. The summed E-state index contributed by atoms with van der Waals surface area (Å²) in [6.07, 6.45) is 2.45. The fourth-order valence-electron chi connectivity index (χ4n) is 2.22. The van der Waals surface area contributed by atoms with Crippen molar-refractivity contribution in [1.29, 1.82) is 0 Å². The number of rotatable bonds is 5. The number of morpholine rings is 1. The highest BCUT2D eigenvalue weighted by Crippen LogP contribution is 2.38. The van der Waals surface area contributed by atoms with Crippen LogP contribution in [-0.4, -0.2) is 54.3 Å². The average Bonchev–Trinajstić information content (AvgIpc) is 3.24. The molecule has 3 rings (SSSR count). The molecule has 2 fully saturated rings. The first-order valence-corrected chi connectivity index (χ1v) is 7.69. The van der Waals surface area contributed by atoms with E-state index in [-0.39, 0.29) is 0 Å². The Hall–Kier alpha value is -0.720. The van der Waals surface area contributed by atoms with Crippen molar-refractivity contribution in [3.8, 4) is 0 Å². The lowest BCUT2D eigenvalue weighted by molar-refractivity contribution is 0.0398. The van der Waals surface area contributed by atoms with Gasteiger partial charge in [0.05, 0.1) is 13.2 Å². The third kappa shape index (κ3) is 3.87. The van der Waals surface area contributed by atoms with Crippen LogP contribution in [0.3, 0.4) is 0 Å². The van der Waals surface area contributed by atoms with Gasteiger partial charge in [0.15, 0.2) is 0 Å². The third-order valence-electron chi connectivity index (χ3n) is 3.49. The molecule has 1 aliphatic heterocycles. The topological polar surface area (TPSA) is 50.3 Å². The van der Waals surface area contributed by atoms with Crippen molar-refractivity contribution in [2.75, 3.05) is 44.7 Å². The predicted molar refractivity (Wildman–Crippen MR) is 77.5 cm³/mol. The normalized spacial score (nSPS) is 20.5. The summed E-state index contributed by atoms with van der Waals surface area (Å²) in [6.45, 7) is 5.71. The maximum absolute atomic E-state index is 5.34. The molecule has 1 saturated carbocycles. The summed E-state index contributed by atoms with van der Waals surface area (Å²) in [5, 5.41) is 3.39. The van der Waals surface area contributed by atoms with Gasteiger partial charge in [-0.15, -0.1) is 0 Å². The van der Waals surface area contributed by atoms with Crippen LogP contribution in [0.15, 0.2) is 10.7 Å². The van der Waals surface area contributed by atoms with Crippen molar-refractivity contribution < 1.29 is 4.74 Å². The smallest absolute Gasteiger partial charge is 0.135 e. The number of ether oxygens (including phenoxy) is 1. The molecule has 0 bridgehead atoms. The van der Waals surface area contributed by atoms with Crippen molar-refractivity contribution in [1.82, 2.24) is 14.9 Å². The van der Waals surface area contributed by atoms with Crippen molar-refractivity contribution in [3.63, 3.8) is 0 Å². The van der Waals surface area contributed by atoms with Crippen LogP contribution >= 0.6 is 15.9 Å². The molecule has 1 saturated heterocycles. The number of hydrogen-bond acceptors (Lipinski definition) is 5. The maximum atomic E-state index is 5.34. The molecule has 0 spiro atoms. The van der Waals surface area contributed by atoms with E-state index >= 15 is 0 Å². The quantitative estimate of drug-likeness (QED) is 0.837. The second kappa shape index (κ2) is 6.15. The Labute approximate surface area is 121 Å². The van der Waals surface area contributed by atoms with Crippen molar-refractivity contribution >= 4 is 21.7 Å². The van der Waals surface area contributed by atoms with E-state index in [1.807, 2.05) is 6.07 Å². The SMILES string of the molecule is Brc1cc(NCCN2CCOCC2)nc(C2CC2)n1. The number of nitrogens with zero attached hydrogens (tertiary/aromatic N) is 3. The molecule has 5 nitrogen and oxygen atoms in total. The van der Waals surface area contributed by atoms with Crippen molar-refractivity contribution in [2.24, 2.45) is 0 Å². The molecule has 1 aliphatic carbocycles. The van der Waals surface area contributed by atoms with E-state index in [2.05, 4.69) is 36.1 Å². The fraction of sp³-hybridized carbons (Fsp3) is 0.692. The lowest BCUT2D eigenvalue weighted by atomic mass is 10.4. The zero-order chi connectivity index (χ0) is 13.1. The van der Waals surface area contributed by atoms with Gasteiger partial charge in [-0.25, -0.2) is 9.97 Å². The molecular weight excluding hydrogens is 308 g/mol. The van der Waals surface area contributed by atoms with Gasteiger partial charge in [0.25, 0.3) is 0 Å². The van der Waals surface area contributed by atoms with Crippen LogP contribution in [0.5, 0.6) is 0 Å². The summed E-state index contributed by atoms with van der Waals surface area (Å²) >= 11 is 3.46. The predicted octanol–water partition coefficient (Wildman–Crippen LogP) is 1.86. The van der Waals surface area contributed by atoms with Gasteiger partial charge in [0.2, 0.25) is 0 Å². The molecule has 0 amide bonds. The minimum absolute atomic E-state index is 0.581. The summed E-state index contributed by atoms with van der Waals surface area (Å²) < 4.78 is 6.21. The maximum Gasteiger partial charge on any atom is 0.135 e. The summed E-state index contributed by atoms with van der Waals surface area (Å²) in [5.41, 5.74) is 0. The molecule has 19 heavy (non-hydrogen) atoms. The largest absolute Gasteiger partial charge is 0.379 e. The van der Waals surface area contributed by atoms with Crippen LogP contribution in [0.1, 0.15) is 24.6 Å². The zero-order valence-corrected chi connectivity index (χ0v) is 12.5.